The first kappa shape index (κ1) is 18.4. The molecular weight excluding hydrogens is 268 g/mol. The normalized spacial score (nSPS) is 19.2. The lowest BCUT2D eigenvalue weighted by atomic mass is 10.1. The van der Waals surface area contributed by atoms with E-state index in [0.717, 1.165) is 39.0 Å². The lowest BCUT2D eigenvalue weighted by Crippen LogP contribution is -2.40. The van der Waals surface area contributed by atoms with E-state index in [0.29, 0.717) is 25.6 Å². The molecule has 1 atom stereocenters. The minimum absolute atomic E-state index is 0.0563. The molecule has 0 aromatic carbocycles. The van der Waals surface area contributed by atoms with Crippen molar-refractivity contribution in [3.8, 4) is 0 Å². The highest BCUT2D eigenvalue weighted by Gasteiger charge is 2.17. The Bertz CT molecular complexity index is 279. The Morgan fingerprint density at radius 2 is 2.19 bits per heavy atom. The lowest BCUT2D eigenvalue weighted by Gasteiger charge is -2.27. The van der Waals surface area contributed by atoms with Gasteiger partial charge < -0.3 is 14.8 Å². The van der Waals surface area contributed by atoms with Gasteiger partial charge in [0.15, 0.2) is 0 Å². The second kappa shape index (κ2) is 11.0. The summed E-state index contributed by atoms with van der Waals surface area (Å²) >= 11 is 0. The van der Waals surface area contributed by atoms with Crippen LogP contribution in [0.25, 0.3) is 0 Å². The molecule has 1 N–H and O–H groups in total. The number of hydrogen-bond donors (Lipinski definition) is 1. The first-order valence-corrected chi connectivity index (χ1v) is 8.22. The maximum atomic E-state index is 11.8. The predicted molar refractivity (Wildman–Crippen MR) is 84.4 cm³/mol. The Kier molecular flexibility index (Phi) is 9.63. The van der Waals surface area contributed by atoms with Crippen molar-refractivity contribution < 1.29 is 14.3 Å². The average Bonchev–Trinajstić information content (AvgIpc) is 2.43. The zero-order valence-electron chi connectivity index (χ0n) is 13.9. The molecule has 5 heteroatoms. The van der Waals surface area contributed by atoms with Crippen molar-refractivity contribution in [2.24, 2.45) is 5.92 Å². The standard InChI is InChI=1S/C16H32N2O3/c1-14(2)7-10-20-11-8-17-16(19)13-18(3)12-15-6-4-5-9-21-15/h14-15H,4-13H2,1-3H3,(H,17,19). The van der Waals surface area contributed by atoms with Crippen molar-refractivity contribution in [3.63, 3.8) is 0 Å². The molecule has 1 fully saturated rings. The van der Waals surface area contributed by atoms with Gasteiger partial charge in [-0.15, -0.1) is 0 Å². The van der Waals surface area contributed by atoms with E-state index >= 15 is 0 Å². The fourth-order valence-electron chi connectivity index (χ4n) is 2.35. The summed E-state index contributed by atoms with van der Waals surface area (Å²) in [6, 6.07) is 0. The van der Waals surface area contributed by atoms with Crippen LogP contribution in [0.5, 0.6) is 0 Å². The molecule has 1 unspecified atom stereocenters. The van der Waals surface area contributed by atoms with E-state index in [9.17, 15) is 4.79 Å². The van der Waals surface area contributed by atoms with Crippen LogP contribution >= 0.6 is 0 Å². The second-order valence-electron chi connectivity index (χ2n) is 6.33. The van der Waals surface area contributed by atoms with Crippen molar-refractivity contribution in [2.75, 3.05) is 46.5 Å². The Hall–Kier alpha value is -0.650. The molecule has 0 radical (unpaired) electrons. The summed E-state index contributed by atoms with van der Waals surface area (Å²) in [6.45, 7) is 8.42. The van der Waals surface area contributed by atoms with Crippen molar-refractivity contribution >= 4 is 5.91 Å². The molecule has 1 heterocycles. The van der Waals surface area contributed by atoms with Gasteiger partial charge in [0.2, 0.25) is 5.91 Å². The van der Waals surface area contributed by atoms with Crippen LogP contribution in [0.4, 0.5) is 0 Å². The number of hydrogen-bond acceptors (Lipinski definition) is 4. The Labute approximate surface area is 129 Å². The van der Waals surface area contributed by atoms with E-state index in [2.05, 4.69) is 19.2 Å². The molecule has 1 amide bonds. The van der Waals surface area contributed by atoms with Gasteiger partial charge in [-0.05, 0) is 38.6 Å². The average molecular weight is 300 g/mol. The fraction of sp³-hybridized carbons (Fsp3) is 0.938. The fourth-order valence-corrected chi connectivity index (χ4v) is 2.35. The molecule has 5 nitrogen and oxygen atoms in total. The number of nitrogens with one attached hydrogen (secondary N) is 1. The summed E-state index contributed by atoms with van der Waals surface area (Å²) < 4.78 is 11.2. The summed E-state index contributed by atoms with van der Waals surface area (Å²) in [5, 5.41) is 2.89. The van der Waals surface area contributed by atoms with Crippen LogP contribution in [0, 0.1) is 5.92 Å². The first-order valence-electron chi connectivity index (χ1n) is 8.22. The van der Waals surface area contributed by atoms with Crippen LogP contribution in [-0.2, 0) is 14.3 Å². The Balaban J connectivity index is 1.99. The number of amides is 1. The molecular formula is C16H32N2O3. The number of carbonyl (C=O) groups is 1. The van der Waals surface area contributed by atoms with Crippen molar-refractivity contribution in [3.05, 3.63) is 0 Å². The van der Waals surface area contributed by atoms with E-state index in [1.807, 2.05) is 11.9 Å². The Morgan fingerprint density at radius 3 is 2.86 bits per heavy atom. The van der Waals surface area contributed by atoms with Crippen molar-refractivity contribution in [2.45, 2.75) is 45.6 Å². The van der Waals surface area contributed by atoms with Gasteiger partial charge in [0, 0.05) is 26.3 Å². The number of likely N-dealkylation sites (N-methyl/N-ethyl adjacent to an activating group) is 1. The second-order valence-corrected chi connectivity index (χ2v) is 6.33. The minimum Gasteiger partial charge on any atom is -0.380 e. The summed E-state index contributed by atoms with van der Waals surface area (Å²) in [5.74, 6) is 0.719. The zero-order valence-corrected chi connectivity index (χ0v) is 13.9. The van der Waals surface area contributed by atoms with Gasteiger partial charge in [-0.2, -0.15) is 0 Å². The molecule has 1 saturated heterocycles. The molecule has 0 aliphatic carbocycles. The molecule has 1 rings (SSSR count). The third kappa shape index (κ3) is 9.82. The van der Waals surface area contributed by atoms with Crippen LogP contribution in [-0.4, -0.2) is 63.4 Å². The van der Waals surface area contributed by atoms with E-state index < -0.39 is 0 Å². The first-order chi connectivity index (χ1) is 10.1. The summed E-state index contributed by atoms with van der Waals surface area (Å²) in [4.78, 5) is 13.8. The number of nitrogens with zero attached hydrogens (tertiary/aromatic N) is 1. The van der Waals surface area contributed by atoms with Crippen LogP contribution in [0.3, 0.4) is 0 Å². The van der Waals surface area contributed by atoms with Gasteiger partial charge in [0.25, 0.3) is 0 Å². The highest BCUT2D eigenvalue weighted by atomic mass is 16.5. The van der Waals surface area contributed by atoms with E-state index in [4.69, 9.17) is 9.47 Å². The van der Waals surface area contributed by atoms with Gasteiger partial charge in [0.1, 0.15) is 0 Å². The molecule has 1 aliphatic rings. The molecule has 0 spiro atoms. The highest BCUT2D eigenvalue weighted by molar-refractivity contribution is 5.77. The quantitative estimate of drug-likeness (QED) is 0.624. The van der Waals surface area contributed by atoms with Crippen LogP contribution in [0.1, 0.15) is 39.5 Å². The van der Waals surface area contributed by atoms with Crippen LogP contribution in [0.2, 0.25) is 0 Å². The highest BCUT2D eigenvalue weighted by Crippen LogP contribution is 2.13. The van der Waals surface area contributed by atoms with Crippen LogP contribution in [0.15, 0.2) is 0 Å². The predicted octanol–water partition coefficient (Wildman–Crippen LogP) is 1.67. The third-order valence-electron chi connectivity index (χ3n) is 3.61. The number of carbonyl (C=O) groups excluding carboxylic acids is 1. The molecule has 0 aromatic rings. The number of rotatable bonds is 10. The summed E-state index contributed by atoms with van der Waals surface area (Å²) in [7, 11) is 1.97. The molecule has 21 heavy (non-hydrogen) atoms. The molecule has 0 saturated carbocycles. The van der Waals surface area contributed by atoms with Gasteiger partial charge in [-0.25, -0.2) is 0 Å². The Morgan fingerprint density at radius 1 is 1.38 bits per heavy atom. The van der Waals surface area contributed by atoms with E-state index in [1.54, 1.807) is 0 Å². The van der Waals surface area contributed by atoms with Crippen molar-refractivity contribution in [1.29, 1.82) is 0 Å². The topological polar surface area (TPSA) is 50.8 Å². The molecule has 124 valence electrons. The van der Waals surface area contributed by atoms with Gasteiger partial charge in [-0.3, -0.25) is 9.69 Å². The molecule has 0 bridgehead atoms. The monoisotopic (exact) mass is 300 g/mol. The third-order valence-corrected chi connectivity index (χ3v) is 3.61. The van der Waals surface area contributed by atoms with E-state index in [-0.39, 0.29) is 12.0 Å². The van der Waals surface area contributed by atoms with Gasteiger partial charge in [0.05, 0.1) is 19.3 Å². The van der Waals surface area contributed by atoms with Crippen LogP contribution < -0.4 is 5.32 Å². The maximum Gasteiger partial charge on any atom is 0.234 e. The van der Waals surface area contributed by atoms with Crippen molar-refractivity contribution in [1.82, 2.24) is 10.2 Å². The van der Waals surface area contributed by atoms with Gasteiger partial charge in [-0.1, -0.05) is 13.8 Å². The zero-order chi connectivity index (χ0) is 15.5. The SMILES string of the molecule is CC(C)CCOCCNC(=O)CN(C)CC1CCCCO1. The van der Waals surface area contributed by atoms with Gasteiger partial charge >= 0.3 is 0 Å². The molecule has 1 aliphatic heterocycles. The largest absolute Gasteiger partial charge is 0.380 e. The minimum atomic E-state index is 0.0563. The lowest BCUT2D eigenvalue weighted by molar-refractivity contribution is -0.122. The number of ether oxygens (including phenoxy) is 2. The maximum absolute atomic E-state index is 11.8. The summed E-state index contributed by atoms with van der Waals surface area (Å²) in [6.07, 6.45) is 4.86. The summed E-state index contributed by atoms with van der Waals surface area (Å²) in [5.41, 5.74) is 0. The molecule has 0 aromatic heterocycles. The van der Waals surface area contributed by atoms with E-state index in [1.165, 1.54) is 6.42 Å². The smallest absolute Gasteiger partial charge is 0.234 e.